The molecule has 0 saturated carbocycles. The minimum absolute atomic E-state index is 0.00939. The zero-order valence-electron chi connectivity index (χ0n) is 10.4. The summed E-state index contributed by atoms with van der Waals surface area (Å²) in [5.41, 5.74) is 0. The molecule has 4 atom stereocenters. The topological polar surface area (TPSA) is 89.5 Å². The lowest BCUT2D eigenvalue weighted by molar-refractivity contribution is -0.263. The van der Waals surface area contributed by atoms with Crippen molar-refractivity contribution in [2.24, 2.45) is 11.8 Å². The molecule has 0 amide bonds. The van der Waals surface area contributed by atoms with Gasteiger partial charge in [0.05, 0.1) is 14.2 Å². The van der Waals surface area contributed by atoms with Crippen LogP contribution in [0.25, 0.3) is 0 Å². The quantitative estimate of drug-likeness (QED) is 0.393. The summed E-state index contributed by atoms with van der Waals surface area (Å²) in [6.45, 7) is -0.00939. The third kappa shape index (κ3) is 2.76. The van der Waals surface area contributed by atoms with Crippen LogP contribution in [0.5, 0.6) is 0 Å². The van der Waals surface area contributed by atoms with Crippen LogP contribution < -0.4 is 0 Å². The van der Waals surface area contributed by atoms with E-state index in [1.54, 1.807) is 0 Å². The van der Waals surface area contributed by atoms with Gasteiger partial charge in [-0.3, -0.25) is 9.78 Å². The Balaban J connectivity index is 2.14. The van der Waals surface area contributed by atoms with Gasteiger partial charge >= 0.3 is 11.9 Å². The molecule has 1 heterocycles. The molecule has 1 aliphatic heterocycles. The van der Waals surface area contributed by atoms with E-state index in [1.165, 1.54) is 26.4 Å². The Hall–Kier alpha value is -1.48. The van der Waals surface area contributed by atoms with Crippen molar-refractivity contribution in [2.75, 3.05) is 21.0 Å². The lowest BCUT2D eigenvalue weighted by Gasteiger charge is -2.29. The van der Waals surface area contributed by atoms with E-state index in [-0.39, 0.29) is 6.79 Å². The van der Waals surface area contributed by atoms with Crippen molar-refractivity contribution in [3.8, 4) is 0 Å². The van der Waals surface area contributed by atoms with E-state index in [0.29, 0.717) is 0 Å². The molecule has 0 N–H and O–H groups in total. The molecule has 0 aromatic carbocycles. The van der Waals surface area contributed by atoms with E-state index in [2.05, 4.69) is 19.6 Å². The van der Waals surface area contributed by atoms with Gasteiger partial charge in [0.15, 0.2) is 0 Å². The summed E-state index contributed by atoms with van der Waals surface area (Å²) >= 11 is 0. The first-order chi connectivity index (χ1) is 9.19. The molecule has 1 fully saturated rings. The lowest BCUT2D eigenvalue weighted by Crippen LogP contribution is -2.45. The number of hydrogen-bond donors (Lipinski definition) is 0. The number of carbonyl (C=O) groups excluding carboxylic acids is 2. The smallest absolute Gasteiger partial charge is 0.348 e. The molecule has 0 aromatic heterocycles. The number of hydrogen-bond acceptors (Lipinski definition) is 8. The van der Waals surface area contributed by atoms with Gasteiger partial charge in [0.1, 0.15) is 30.8 Å². The molecule has 2 rings (SSSR count). The van der Waals surface area contributed by atoms with Gasteiger partial charge in [0.2, 0.25) is 0 Å². The van der Waals surface area contributed by atoms with Crippen molar-refractivity contribution >= 4 is 11.9 Å². The van der Waals surface area contributed by atoms with E-state index < -0.39 is 36.0 Å². The van der Waals surface area contributed by atoms with Gasteiger partial charge < -0.3 is 9.47 Å². The predicted molar refractivity (Wildman–Crippen MR) is 56.9 cm³/mol. The van der Waals surface area contributed by atoms with Crippen LogP contribution in [0.3, 0.4) is 0 Å². The second kappa shape index (κ2) is 6.11. The predicted octanol–water partition coefficient (Wildman–Crippen LogP) is -0.261. The molecule has 1 saturated heterocycles. The summed E-state index contributed by atoms with van der Waals surface area (Å²) < 4.78 is 10.6. The van der Waals surface area contributed by atoms with Gasteiger partial charge in [-0.15, -0.1) is 0 Å². The highest BCUT2D eigenvalue weighted by molar-refractivity contribution is 5.79. The second-order valence-electron chi connectivity index (χ2n) is 3.95. The zero-order valence-corrected chi connectivity index (χ0v) is 10.4. The third-order valence-corrected chi connectivity index (χ3v) is 2.95. The number of fused-ring (bicyclic) bond motifs is 1. The minimum atomic E-state index is -0.695. The number of carbonyl (C=O) groups is 2. The van der Waals surface area contributed by atoms with Crippen LogP contribution in [-0.4, -0.2) is 45.2 Å². The second-order valence-corrected chi connectivity index (χ2v) is 3.95. The highest BCUT2D eigenvalue weighted by Crippen LogP contribution is 2.33. The van der Waals surface area contributed by atoms with Crippen molar-refractivity contribution < 1.29 is 38.6 Å². The minimum Gasteiger partial charge on any atom is -0.348 e. The Bertz CT molecular complexity index is 345. The summed E-state index contributed by atoms with van der Waals surface area (Å²) in [6.07, 6.45) is 1.78. The van der Waals surface area contributed by atoms with Crippen molar-refractivity contribution in [3.05, 3.63) is 12.2 Å². The first kappa shape index (κ1) is 13.9. The van der Waals surface area contributed by atoms with Crippen LogP contribution in [0.2, 0.25) is 0 Å². The largest absolute Gasteiger partial charge is 0.351 e. The molecule has 2 aliphatic rings. The molecule has 0 radical (unpaired) electrons. The molecular weight excluding hydrogens is 260 g/mol. The molecule has 8 heteroatoms. The van der Waals surface area contributed by atoms with Gasteiger partial charge in [-0.1, -0.05) is 12.2 Å². The normalized spacial score (nSPS) is 32.7. The van der Waals surface area contributed by atoms with E-state index >= 15 is 0 Å². The molecule has 106 valence electrons. The Labute approximate surface area is 109 Å². The van der Waals surface area contributed by atoms with Gasteiger partial charge in [-0.05, 0) is 0 Å². The Morgan fingerprint density at radius 3 is 1.74 bits per heavy atom. The molecule has 1 aliphatic carbocycles. The van der Waals surface area contributed by atoms with E-state index in [9.17, 15) is 9.59 Å². The summed E-state index contributed by atoms with van der Waals surface area (Å²) in [7, 11) is 2.46. The van der Waals surface area contributed by atoms with E-state index in [0.717, 1.165) is 0 Å². The molecule has 19 heavy (non-hydrogen) atoms. The lowest BCUT2D eigenvalue weighted by atomic mass is 9.83. The van der Waals surface area contributed by atoms with Crippen molar-refractivity contribution in [3.63, 3.8) is 0 Å². The van der Waals surface area contributed by atoms with Crippen LogP contribution in [-0.2, 0) is 38.6 Å². The highest BCUT2D eigenvalue weighted by Gasteiger charge is 2.48. The molecule has 0 bridgehead atoms. The van der Waals surface area contributed by atoms with Crippen LogP contribution in [0, 0.1) is 11.8 Å². The maximum atomic E-state index is 11.7. The average molecular weight is 274 g/mol. The molecule has 0 spiro atoms. The average Bonchev–Trinajstić information content (AvgIpc) is 2.87. The third-order valence-electron chi connectivity index (χ3n) is 2.95. The molecule has 0 aromatic rings. The Morgan fingerprint density at radius 2 is 1.37 bits per heavy atom. The summed E-state index contributed by atoms with van der Waals surface area (Å²) in [4.78, 5) is 40.9. The van der Waals surface area contributed by atoms with Crippen LogP contribution in [0.1, 0.15) is 0 Å². The van der Waals surface area contributed by atoms with Gasteiger partial charge in [-0.2, -0.15) is 9.78 Å². The summed E-state index contributed by atoms with van der Waals surface area (Å²) in [5.74, 6) is -2.62. The van der Waals surface area contributed by atoms with Gasteiger partial charge in [-0.25, -0.2) is 9.59 Å². The van der Waals surface area contributed by atoms with Gasteiger partial charge in [0, 0.05) is 0 Å². The summed E-state index contributed by atoms with van der Waals surface area (Å²) in [6, 6.07) is 0. The fourth-order valence-electron chi connectivity index (χ4n) is 2.16. The molecular formula is C11H14O8. The fourth-order valence-corrected chi connectivity index (χ4v) is 2.16. The van der Waals surface area contributed by atoms with Crippen molar-refractivity contribution in [1.29, 1.82) is 0 Å². The highest BCUT2D eigenvalue weighted by atomic mass is 17.2. The Morgan fingerprint density at radius 1 is 0.947 bits per heavy atom. The SMILES string of the molecule is COOC(=O)[C@H]1C=C[C@@H](C(=O)OOC)[C@H]2OCO[C@H]21. The first-order valence-electron chi connectivity index (χ1n) is 5.59. The summed E-state index contributed by atoms with van der Waals surface area (Å²) in [5, 5.41) is 0. The zero-order chi connectivity index (χ0) is 13.8. The Kier molecular flexibility index (Phi) is 4.48. The maximum absolute atomic E-state index is 11.7. The van der Waals surface area contributed by atoms with Crippen molar-refractivity contribution in [2.45, 2.75) is 12.2 Å². The van der Waals surface area contributed by atoms with Crippen LogP contribution in [0.15, 0.2) is 12.2 Å². The molecule has 0 unspecified atom stereocenters. The fraction of sp³-hybridized carbons (Fsp3) is 0.636. The van der Waals surface area contributed by atoms with E-state index in [4.69, 9.17) is 9.47 Å². The standard InChI is InChI=1S/C11H14O8/c1-14-18-10(12)6-3-4-7(11(13)19-15-2)9-8(6)16-5-17-9/h3-4,6-9H,5H2,1-2H3/t6-,7+,8-,9+. The first-order valence-corrected chi connectivity index (χ1v) is 5.59. The van der Waals surface area contributed by atoms with Crippen LogP contribution in [0.4, 0.5) is 0 Å². The maximum Gasteiger partial charge on any atom is 0.351 e. The van der Waals surface area contributed by atoms with Crippen LogP contribution >= 0.6 is 0 Å². The van der Waals surface area contributed by atoms with E-state index in [1.807, 2.05) is 0 Å². The molecule has 8 nitrogen and oxygen atoms in total. The van der Waals surface area contributed by atoms with Crippen molar-refractivity contribution in [1.82, 2.24) is 0 Å². The van der Waals surface area contributed by atoms with Gasteiger partial charge in [0.25, 0.3) is 0 Å². The monoisotopic (exact) mass is 274 g/mol. The number of ether oxygens (including phenoxy) is 2. The number of rotatable bonds is 4.